The van der Waals surface area contributed by atoms with Crippen LogP contribution in [0.1, 0.15) is 22.0 Å². The summed E-state index contributed by atoms with van der Waals surface area (Å²) in [5.74, 6) is -2.76. The first-order valence-corrected chi connectivity index (χ1v) is 8.66. The number of halogens is 1. The molecule has 0 radical (unpaired) electrons. The summed E-state index contributed by atoms with van der Waals surface area (Å²) in [4.78, 5) is 30.5. The van der Waals surface area contributed by atoms with Gasteiger partial charge in [-0.2, -0.15) is 0 Å². The summed E-state index contributed by atoms with van der Waals surface area (Å²) in [5, 5.41) is 10.5. The Labute approximate surface area is 155 Å². The Hall–Kier alpha value is -3.28. The lowest BCUT2D eigenvalue weighted by molar-refractivity contribution is -0.141. The van der Waals surface area contributed by atoms with Crippen molar-refractivity contribution in [2.75, 3.05) is 13.1 Å². The molecule has 0 spiro atoms. The quantitative estimate of drug-likeness (QED) is 0.774. The highest BCUT2D eigenvalue weighted by atomic mass is 19.1. The molecule has 27 heavy (non-hydrogen) atoms. The van der Waals surface area contributed by atoms with E-state index in [-0.39, 0.29) is 36.4 Å². The molecule has 1 N–H and O–H groups in total. The van der Waals surface area contributed by atoms with Crippen molar-refractivity contribution in [3.8, 4) is 0 Å². The number of para-hydroxylation sites is 1. The minimum Gasteiger partial charge on any atom is -0.481 e. The number of aromatic nitrogens is 1. The number of fused-ring (bicyclic) bond motifs is 1. The molecule has 1 fully saturated rings. The van der Waals surface area contributed by atoms with Crippen LogP contribution in [0.4, 0.5) is 4.39 Å². The van der Waals surface area contributed by atoms with Gasteiger partial charge < -0.3 is 10.0 Å². The predicted octanol–water partition coefficient (Wildman–Crippen LogP) is 3.31. The van der Waals surface area contributed by atoms with Crippen molar-refractivity contribution < 1.29 is 19.1 Å². The zero-order chi connectivity index (χ0) is 19.0. The van der Waals surface area contributed by atoms with Gasteiger partial charge in [-0.05, 0) is 29.8 Å². The van der Waals surface area contributed by atoms with Crippen LogP contribution in [0, 0.1) is 11.7 Å². The van der Waals surface area contributed by atoms with E-state index in [1.165, 1.54) is 17.0 Å². The average molecular weight is 364 g/mol. The number of carbonyl (C=O) groups excluding carboxylic acids is 1. The van der Waals surface area contributed by atoms with E-state index in [4.69, 9.17) is 0 Å². The zero-order valence-electron chi connectivity index (χ0n) is 14.4. The average Bonchev–Trinajstić information content (AvgIpc) is 3.13. The summed E-state index contributed by atoms with van der Waals surface area (Å²) >= 11 is 0. The van der Waals surface area contributed by atoms with Gasteiger partial charge in [-0.1, -0.05) is 36.4 Å². The molecule has 0 unspecified atom stereocenters. The maximum atomic E-state index is 13.2. The SMILES string of the molecule is O=C(O)[C@@H]1CN(C(=O)c2ccc3ccccc3n2)C[C@H]1c1ccc(F)cc1. The Kier molecular flexibility index (Phi) is 4.32. The lowest BCUT2D eigenvalue weighted by Crippen LogP contribution is -2.30. The van der Waals surface area contributed by atoms with E-state index in [2.05, 4.69) is 4.98 Å². The molecular formula is C21H17FN2O3. The molecule has 4 rings (SSSR count). The van der Waals surface area contributed by atoms with E-state index in [1.807, 2.05) is 30.3 Å². The molecule has 0 aliphatic carbocycles. The first-order valence-electron chi connectivity index (χ1n) is 8.66. The number of nitrogens with zero attached hydrogens (tertiary/aromatic N) is 2. The number of pyridine rings is 1. The van der Waals surface area contributed by atoms with Gasteiger partial charge in [-0.15, -0.1) is 0 Å². The van der Waals surface area contributed by atoms with Crippen LogP contribution < -0.4 is 0 Å². The molecule has 2 heterocycles. The van der Waals surface area contributed by atoms with E-state index in [0.717, 1.165) is 5.39 Å². The highest BCUT2D eigenvalue weighted by molar-refractivity contribution is 5.95. The van der Waals surface area contributed by atoms with E-state index < -0.39 is 11.9 Å². The summed E-state index contributed by atoms with van der Waals surface area (Å²) < 4.78 is 13.2. The van der Waals surface area contributed by atoms with Crippen LogP contribution in [-0.4, -0.2) is 40.0 Å². The molecule has 1 aliphatic rings. The van der Waals surface area contributed by atoms with Crippen molar-refractivity contribution in [2.24, 2.45) is 5.92 Å². The van der Waals surface area contributed by atoms with Gasteiger partial charge in [0, 0.05) is 24.4 Å². The standard InChI is InChI=1S/C21H17FN2O3/c22-15-8-5-13(6-9-15)16-11-24(12-17(16)21(26)27)20(25)19-10-7-14-3-1-2-4-18(14)23-19/h1-10,16-17H,11-12H2,(H,26,27)/t16-,17+/m0/s1. The minimum atomic E-state index is -0.967. The van der Waals surface area contributed by atoms with E-state index >= 15 is 0 Å². The molecular weight excluding hydrogens is 347 g/mol. The van der Waals surface area contributed by atoms with Crippen molar-refractivity contribution in [3.63, 3.8) is 0 Å². The van der Waals surface area contributed by atoms with Crippen LogP contribution in [0.25, 0.3) is 10.9 Å². The predicted molar refractivity (Wildman–Crippen MR) is 97.9 cm³/mol. The molecule has 0 saturated carbocycles. The lowest BCUT2D eigenvalue weighted by Gasteiger charge is -2.16. The fourth-order valence-corrected chi connectivity index (χ4v) is 3.61. The third kappa shape index (κ3) is 3.26. The second kappa shape index (κ2) is 6.79. The minimum absolute atomic E-state index is 0.102. The van der Waals surface area contributed by atoms with Crippen molar-refractivity contribution in [1.82, 2.24) is 9.88 Å². The van der Waals surface area contributed by atoms with Gasteiger partial charge in [0.05, 0.1) is 11.4 Å². The second-order valence-corrected chi connectivity index (χ2v) is 6.70. The molecule has 3 aromatic rings. The number of aliphatic carboxylic acids is 1. The first-order chi connectivity index (χ1) is 13.0. The summed E-state index contributed by atoms with van der Waals surface area (Å²) in [5.41, 5.74) is 1.72. The number of carboxylic acids is 1. The molecule has 136 valence electrons. The zero-order valence-corrected chi connectivity index (χ0v) is 14.4. The van der Waals surface area contributed by atoms with Crippen LogP contribution in [0.5, 0.6) is 0 Å². The molecule has 1 aromatic heterocycles. The smallest absolute Gasteiger partial charge is 0.308 e. The number of amides is 1. The van der Waals surface area contributed by atoms with Gasteiger partial charge >= 0.3 is 5.97 Å². The maximum absolute atomic E-state index is 13.2. The summed E-state index contributed by atoms with van der Waals surface area (Å²) in [6, 6.07) is 16.8. The van der Waals surface area contributed by atoms with Crippen molar-refractivity contribution in [3.05, 3.63) is 77.7 Å². The van der Waals surface area contributed by atoms with Gasteiger partial charge in [0.1, 0.15) is 11.5 Å². The Bertz CT molecular complexity index is 1020. The van der Waals surface area contributed by atoms with Gasteiger partial charge in [-0.25, -0.2) is 9.37 Å². The second-order valence-electron chi connectivity index (χ2n) is 6.70. The summed E-state index contributed by atoms with van der Waals surface area (Å²) in [6.07, 6.45) is 0. The van der Waals surface area contributed by atoms with Gasteiger partial charge in [0.2, 0.25) is 0 Å². The van der Waals surface area contributed by atoms with Crippen molar-refractivity contribution >= 4 is 22.8 Å². The fraction of sp³-hybridized carbons (Fsp3) is 0.190. The molecule has 5 nitrogen and oxygen atoms in total. The molecule has 1 amide bonds. The number of hydrogen-bond donors (Lipinski definition) is 1. The number of likely N-dealkylation sites (tertiary alicyclic amines) is 1. The Morgan fingerprint density at radius 3 is 2.48 bits per heavy atom. The number of rotatable bonds is 3. The number of carboxylic acid groups (broad SMARTS) is 1. The van der Waals surface area contributed by atoms with Crippen molar-refractivity contribution in [2.45, 2.75) is 5.92 Å². The van der Waals surface area contributed by atoms with Gasteiger partial charge in [0.15, 0.2) is 0 Å². The third-order valence-corrected chi connectivity index (χ3v) is 5.04. The number of benzene rings is 2. The summed E-state index contributed by atoms with van der Waals surface area (Å²) in [6.45, 7) is 0.362. The fourth-order valence-electron chi connectivity index (χ4n) is 3.61. The molecule has 6 heteroatoms. The van der Waals surface area contributed by atoms with Gasteiger partial charge in [-0.3, -0.25) is 9.59 Å². The van der Waals surface area contributed by atoms with Crippen LogP contribution in [-0.2, 0) is 4.79 Å². The molecule has 1 saturated heterocycles. The van der Waals surface area contributed by atoms with Crippen LogP contribution >= 0.6 is 0 Å². The third-order valence-electron chi connectivity index (χ3n) is 5.04. The Balaban J connectivity index is 1.62. The number of carbonyl (C=O) groups is 2. The van der Waals surface area contributed by atoms with Crippen molar-refractivity contribution in [1.29, 1.82) is 0 Å². The van der Waals surface area contributed by atoms with E-state index in [9.17, 15) is 19.1 Å². The van der Waals surface area contributed by atoms with Gasteiger partial charge in [0.25, 0.3) is 5.91 Å². The molecule has 2 atom stereocenters. The maximum Gasteiger partial charge on any atom is 0.308 e. The molecule has 1 aliphatic heterocycles. The van der Waals surface area contributed by atoms with E-state index in [0.29, 0.717) is 11.1 Å². The Morgan fingerprint density at radius 2 is 1.74 bits per heavy atom. The monoisotopic (exact) mass is 364 g/mol. The normalized spacial score (nSPS) is 19.4. The highest BCUT2D eigenvalue weighted by Gasteiger charge is 2.40. The largest absolute Gasteiger partial charge is 0.481 e. The Morgan fingerprint density at radius 1 is 1.00 bits per heavy atom. The molecule has 2 aromatic carbocycles. The number of hydrogen-bond acceptors (Lipinski definition) is 3. The first kappa shape index (κ1) is 17.1. The van der Waals surface area contributed by atoms with Crippen LogP contribution in [0.15, 0.2) is 60.7 Å². The molecule has 0 bridgehead atoms. The highest BCUT2D eigenvalue weighted by Crippen LogP contribution is 2.33. The van der Waals surface area contributed by atoms with Crippen LogP contribution in [0.2, 0.25) is 0 Å². The van der Waals surface area contributed by atoms with Crippen LogP contribution in [0.3, 0.4) is 0 Å². The van der Waals surface area contributed by atoms with E-state index in [1.54, 1.807) is 18.2 Å². The lowest BCUT2D eigenvalue weighted by atomic mass is 9.89. The summed E-state index contributed by atoms with van der Waals surface area (Å²) in [7, 11) is 0. The topological polar surface area (TPSA) is 70.5 Å².